The van der Waals surface area contributed by atoms with Gasteiger partial charge in [-0.15, -0.1) is 0 Å². The first-order valence-electron chi connectivity index (χ1n) is 5.72. The Morgan fingerprint density at radius 1 is 0.842 bits per heavy atom. The second kappa shape index (κ2) is 4.72. The number of hydrogen-bond donors (Lipinski definition) is 1. The van der Waals surface area contributed by atoms with Gasteiger partial charge < -0.3 is 4.98 Å². The lowest BCUT2D eigenvalue weighted by Gasteiger charge is -2.04. The Bertz CT molecular complexity index is 806. The van der Waals surface area contributed by atoms with Crippen LogP contribution in [-0.4, -0.2) is 4.98 Å². The standard InChI is InChI=1S/C15H9Cl2NO/c16-11-4-1-9(2-5-11)13-7-10-3-6-12(17)8-14(10)18-15(13)19/h1-8H,(H,18,19). The molecule has 1 aromatic heterocycles. The SMILES string of the molecule is O=c1[nH]c2cc(Cl)ccc2cc1-c1ccc(Cl)cc1. The summed E-state index contributed by atoms with van der Waals surface area (Å²) in [6, 6.07) is 14.5. The Morgan fingerprint density at radius 2 is 1.53 bits per heavy atom. The lowest BCUT2D eigenvalue weighted by molar-refractivity contribution is 1.31. The first-order chi connectivity index (χ1) is 9.13. The van der Waals surface area contributed by atoms with E-state index in [1.165, 1.54) is 0 Å². The van der Waals surface area contributed by atoms with Gasteiger partial charge in [0.2, 0.25) is 0 Å². The van der Waals surface area contributed by atoms with Crippen molar-refractivity contribution in [2.75, 3.05) is 0 Å². The number of H-pyrrole nitrogens is 1. The molecular formula is C15H9Cl2NO. The van der Waals surface area contributed by atoms with Crippen LogP contribution in [0.15, 0.2) is 53.3 Å². The van der Waals surface area contributed by atoms with Gasteiger partial charge in [-0.25, -0.2) is 0 Å². The molecule has 1 heterocycles. The lowest BCUT2D eigenvalue weighted by Crippen LogP contribution is -2.08. The quantitative estimate of drug-likeness (QED) is 0.703. The maximum atomic E-state index is 12.1. The third-order valence-electron chi connectivity index (χ3n) is 2.96. The molecule has 0 aliphatic rings. The van der Waals surface area contributed by atoms with Crippen LogP contribution in [0.25, 0.3) is 22.0 Å². The van der Waals surface area contributed by atoms with Gasteiger partial charge in [-0.3, -0.25) is 4.79 Å². The van der Waals surface area contributed by atoms with Crippen LogP contribution in [0.3, 0.4) is 0 Å². The number of hydrogen-bond acceptors (Lipinski definition) is 1. The number of nitrogens with one attached hydrogen (secondary N) is 1. The molecule has 0 saturated heterocycles. The summed E-state index contributed by atoms with van der Waals surface area (Å²) in [5, 5.41) is 2.18. The Morgan fingerprint density at radius 3 is 2.26 bits per heavy atom. The average Bonchev–Trinajstić information content (AvgIpc) is 2.39. The summed E-state index contributed by atoms with van der Waals surface area (Å²) in [5.41, 5.74) is 2.04. The minimum absolute atomic E-state index is 0.142. The highest BCUT2D eigenvalue weighted by atomic mass is 35.5. The van der Waals surface area contributed by atoms with E-state index in [0.29, 0.717) is 15.6 Å². The third kappa shape index (κ3) is 2.37. The zero-order valence-electron chi connectivity index (χ0n) is 9.78. The van der Waals surface area contributed by atoms with E-state index in [1.807, 2.05) is 24.3 Å². The van der Waals surface area contributed by atoms with Crippen LogP contribution in [0.2, 0.25) is 10.0 Å². The van der Waals surface area contributed by atoms with Crippen molar-refractivity contribution in [3.8, 4) is 11.1 Å². The van der Waals surface area contributed by atoms with E-state index in [2.05, 4.69) is 4.98 Å². The number of pyridine rings is 1. The maximum Gasteiger partial charge on any atom is 0.256 e. The Balaban J connectivity index is 2.24. The monoisotopic (exact) mass is 289 g/mol. The molecule has 0 amide bonds. The zero-order chi connectivity index (χ0) is 13.4. The molecule has 0 aliphatic heterocycles. The van der Waals surface area contributed by atoms with Gasteiger partial charge in [0.1, 0.15) is 0 Å². The van der Waals surface area contributed by atoms with Gasteiger partial charge in [0, 0.05) is 21.1 Å². The van der Waals surface area contributed by atoms with E-state index >= 15 is 0 Å². The number of aromatic amines is 1. The minimum Gasteiger partial charge on any atom is -0.321 e. The van der Waals surface area contributed by atoms with Crippen LogP contribution in [0.5, 0.6) is 0 Å². The minimum atomic E-state index is -0.142. The summed E-state index contributed by atoms with van der Waals surface area (Å²) in [4.78, 5) is 14.9. The molecular weight excluding hydrogens is 281 g/mol. The normalized spacial score (nSPS) is 10.8. The molecule has 19 heavy (non-hydrogen) atoms. The number of halogens is 2. The molecule has 3 rings (SSSR count). The molecule has 94 valence electrons. The van der Waals surface area contributed by atoms with Crippen LogP contribution < -0.4 is 5.56 Å². The number of aromatic nitrogens is 1. The van der Waals surface area contributed by atoms with Crippen LogP contribution in [0, 0.1) is 0 Å². The van der Waals surface area contributed by atoms with E-state index in [-0.39, 0.29) is 5.56 Å². The van der Waals surface area contributed by atoms with Crippen LogP contribution >= 0.6 is 23.2 Å². The van der Waals surface area contributed by atoms with Crippen molar-refractivity contribution in [2.24, 2.45) is 0 Å². The van der Waals surface area contributed by atoms with Crippen molar-refractivity contribution in [1.29, 1.82) is 0 Å². The second-order valence-electron chi connectivity index (χ2n) is 4.25. The largest absolute Gasteiger partial charge is 0.321 e. The molecule has 0 saturated carbocycles. The number of fused-ring (bicyclic) bond motifs is 1. The Labute approximate surface area is 119 Å². The van der Waals surface area contributed by atoms with Crippen LogP contribution in [0.1, 0.15) is 0 Å². The van der Waals surface area contributed by atoms with E-state index in [9.17, 15) is 4.79 Å². The summed E-state index contributed by atoms with van der Waals surface area (Å²) in [5.74, 6) is 0. The molecule has 0 radical (unpaired) electrons. The van der Waals surface area contributed by atoms with Crippen molar-refractivity contribution < 1.29 is 0 Å². The molecule has 0 unspecified atom stereocenters. The molecule has 4 heteroatoms. The maximum absolute atomic E-state index is 12.1. The fraction of sp³-hybridized carbons (Fsp3) is 0. The van der Waals surface area contributed by atoms with Gasteiger partial charge >= 0.3 is 0 Å². The van der Waals surface area contributed by atoms with E-state index in [0.717, 1.165) is 16.5 Å². The second-order valence-corrected chi connectivity index (χ2v) is 5.12. The Hall–Kier alpha value is -1.77. The van der Waals surface area contributed by atoms with Gasteiger partial charge in [-0.05, 0) is 41.3 Å². The highest BCUT2D eigenvalue weighted by molar-refractivity contribution is 6.31. The Kier molecular flexibility index (Phi) is 3.05. The molecule has 1 N–H and O–H groups in total. The van der Waals surface area contributed by atoms with Crippen molar-refractivity contribution >= 4 is 34.1 Å². The van der Waals surface area contributed by atoms with Gasteiger partial charge in [0.05, 0.1) is 0 Å². The summed E-state index contributed by atoms with van der Waals surface area (Å²) >= 11 is 11.8. The zero-order valence-corrected chi connectivity index (χ0v) is 11.3. The van der Waals surface area contributed by atoms with Gasteiger partial charge in [0.15, 0.2) is 0 Å². The summed E-state index contributed by atoms with van der Waals surface area (Å²) < 4.78 is 0. The van der Waals surface area contributed by atoms with Crippen molar-refractivity contribution in [1.82, 2.24) is 4.98 Å². The van der Waals surface area contributed by atoms with E-state index in [4.69, 9.17) is 23.2 Å². The van der Waals surface area contributed by atoms with Crippen molar-refractivity contribution in [3.05, 3.63) is 68.9 Å². The first-order valence-corrected chi connectivity index (χ1v) is 6.47. The van der Waals surface area contributed by atoms with Gasteiger partial charge in [-0.2, -0.15) is 0 Å². The highest BCUT2D eigenvalue weighted by Crippen LogP contribution is 2.23. The smallest absolute Gasteiger partial charge is 0.256 e. The summed E-state index contributed by atoms with van der Waals surface area (Å²) in [7, 11) is 0. The van der Waals surface area contributed by atoms with Gasteiger partial charge in [-0.1, -0.05) is 41.4 Å². The topological polar surface area (TPSA) is 32.9 Å². The number of benzene rings is 2. The molecule has 3 aromatic rings. The molecule has 0 atom stereocenters. The van der Waals surface area contributed by atoms with Crippen LogP contribution in [-0.2, 0) is 0 Å². The van der Waals surface area contributed by atoms with Crippen molar-refractivity contribution in [2.45, 2.75) is 0 Å². The van der Waals surface area contributed by atoms with Crippen molar-refractivity contribution in [3.63, 3.8) is 0 Å². The fourth-order valence-corrected chi connectivity index (χ4v) is 2.32. The molecule has 0 fully saturated rings. The predicted molar refractivity (Wildman–Crippen MR) is 80.0 cm³/mol. The fourth-order valence-electron chi connectivity index (χ4n) is 2.02. The molecule has 0 aliphatic carbocycles. The average molecular weight is 290 g/mol. The summed E-state index contributed by atoms with van der Waals surface area (Å²) in [6.45, 7) is 0. The summed E-state index contributed by atoms with van der Waals surface area (Å²) in [6.07, 6.45) is 0. The molecule has 0 spiro atoms. The lowest BCUT2D eigenvalue weighted by atomic mass is 10.1. The highest BCUT2D eigenvalue weighted by Gasteiger charge is 2.06. The molecule has 2 nitrogen and oxygen atoms in total. The third-order valence-corrected chi connectivity index (χ3v) is 3.45. The molecule has 2 aromatic carbocycles. The first kappa shape index (κ1) is 12.3. The van der Waals surface area contributed by atoms with Gasteiger partial charge in [0.25, 0.3) is 5.56 Å². The predicted octanol–water partition coefficient (Wildman–Crippen LogP) is 4.50. The number of rotatable bonds is 1. The molecule has 0 bridgehead atoms. The van der Waals surface area contributed by atoms with E-state index in [1.54, 1.807) is 24.3 Å². The van der Waals surface area contributed by atoms with E-state index < -0.39 is 0 Å². The van der Waals surface area contributed by atoms with Crippen LogP contribution in [0.4, 0.5) is 0 Å².